The normalized spacial score (nSPS) is 11.0. The Balaban J connectivity index is 1.44. The van der Waals surface area contributed by atoms with Crippen molar-refractivity contribution in [1.29, 1.82) is 0 Å². The lowest BCUT2D eigenvalue weighted by atomic mass is 10.2. The lowest BCUT2D eigenvalue weighted by Gasteiger charge is -2.09. The maximum Gasteiger partial charge on any atom is 0.236 e. The van der Waals surface area contributed by atoms with Gasteiger partial charge in [0.05, 0.1) is 23.4 Å². The van der Waals surface area contributed by atoms with Crippen molar-refractivity contribution in [3.63, 3.8) is 0 Å². The summed E-state index contributed by atoms with van der Waals surface area (Å²) in [6.07, 6.45) is 1.53. The second-order valence-electron chi connectivity index (χ2n) is 6.41. The number of nitrogen functional groups attached to an aromatic ring is 1. The van der Waals surface area contributed by atoms with E-state index in [1.54, 1.807) is 16.8 Å². The van der Waals surface area contributed by atoms with Crippen LogP contribution in [0.3, 0.4) is 0 Å². The Morgan fingerprint density at radius 2 is 2.00 bits per heavy atom. The van der Waals surface area contributed by atoms with E-state index >= 15 is 0 Å². The number of nitrogens with two attached hydrogens (primary N) is 1. The second kappa shape index (κ2) is 7.84. The van der Waals surface area contributed by atoms with Crippen LogP contribution in [-0.2, 0) is 4.79 Å². The standard InChI is InChI=1S/C19H19N7O2S/c1-12-5-7-14(8-6-12)26-16(10-13(2)24-26)21-17(27)11-29-19-23-22-18(25(19)20)15-4-3-9-28-15/h3-10H,11,20H2,1-2H3,(H,21,27). The largest absolute Gasteiger partial charge is 0.461 e. The van der Waals surface area contributed by atoms with Crippen LogP contribution in [0.15, 0.2) is 58.3 Å². The van der Waals surface area contributed by atoms with Crippen LogP contribution in [-0.4, -0.2) is 36.3 Å². The fraction of sp³-hybridized carbons (Fsp3) is 0.158. The number of nitrogens with zero attached hydrogens (tertiary/aromatic N) is 5. The number of benzene rings is 1. The fourth-order valence-electron chi connectivity index (χ4n) is 2.73. The van der Waals surface area contributed by atoms with E-state index < -0.39 is 0 Å². The summed E-state index contributed by atoms with van der Waals surface area (Å²) in [7, 11) is 0. The van der Waals surface area contributed by atoms with Crippen molar-refractivity contribution >= 4 is 23.5 Å². The zero-order valence-corrected chi connectivity index (χ0v) is 16.7. The van der Waals surface area contributed by atoms with E-state index in [0.717, 1.165) is 16.9 Å². The minimum absolute atomic E-state index is 0.117. The van der Waals surface area contributed by atoms with Crippen molar-refractivity contribution in [2.24, 2.45) is 0 Å². The molecule has 0 aliphatic heterocycles. The van der Waals surface area contributed by atoms with Crippen molar-refractivity contribution in [2.75, 3.05) is 16.9 Å². The molecule has 1 aromatic carbocycles. The number of anilines is 1. The molecule has 0 fully saturated rings. The van der Waals surface area contributed by atoms with Crippen molar-refractivity contribution in [3.05, 3.63) is 60.0 Å². The van der Waals surface area contributed by atoms with Crippen molar-refractivity contribution in [1.82, 2.24) is 24.7 Å². The number of amides is 1. The molecule has 29 heavy (non-hydrogen) atoms. The smallest absolute Gasteiger partial charge is 0.236 e. The number of hydrogen-bond donors (Lipinski definition) is 2. The Kier molecular flexibility index (Phi) is 5.09. The number of nitrogens with one attached hydrogen (secondary N) is 1. The van der Waals surface area contributed by atoms with E-state index in [9.17, 15) is 4.79 Å². The molecule has 0 bridgehead atoms. The second-order valence-corrected chi connectivity index (χ2v) is 7.35. The molecule has 0 aliphatic rings. The Bertz CT molecular complexity index is 1130. The van der Waals surface area contributed by atoms with E-state index in [4.69, 9.17) is 10.3 Å². The summed E-state index contributed by atoms with van der Waals surface area (Å²) < 4.78 is 8.29. The highest BCUT2D eigenvalue weighted by atomic mass is 32.2. The van der Waals surface area contributed by atoms with Gasteiger partial charge in [0.2, 0.25) is 16.9 Å². The van der Waals surface area contributed by atoms with Gasteiger partial charge in [0.25, 0.3) is 0 Å². The van der Waals surface area contributed by atoms with Gasteiger partial charge in [-0.3, -0.25) is 4.79 Å². The van der Waals surface area contributed by atoms with Crippen molar-refractivity contribution in [3.8, 4) is 17.3 Å². The highest BCUT2D eigenvalue weighted by Crippen LogP contribution is 2.22. The zero-order valence-electron chi connectivity index (χ0n) is 15.9. The van der Waals surface area contributed by atoms with Gasteiger partial charge in [-0.15, -0.1) is 10.2 Å². The van der Waals surface area contributed by atoms with Crippen LogP contribution < -0.4 is 11.2 Å². The summed E-state index contributed by atoms with van der Waals surface area (Å²) in [6, 6.07) is 13.2. The van der Waals surface area contributed by atoms with E-state index in [1.807, 2.05) is 44.2 Å². The Morgan fingerprint density at radius 1 is 1.21 bits per heavy atom. The minimum atomic E-state index is -0.203. The summed E-state index contributed by atoms with van der Waals surface area (Å²) in [5, 5.41) is 15.8. The third-order valence-corrected chi connectivity index (χ3v) is 5.06. The number of thioether (sulfide) groups is 1. The molecular formula is C19H19N7O2S. The first-order valence-corrected chi connectivity index (χ1v) is 9.80. The van der Waals surface area contributed by atoms with Gasteiger partial charge in [-0.1, -0.05) is 29.5 Å². The molecule has 1 amide bonds. The maximum absolute atomic E-state index is 12.5. The first kappa shape index (κ1) is 18.8. The summed E-state index contributed by atoms with van der Waals surface area (Å²) in [5.41, 5.74) is 2.83. The van der Waals surface area contributed by atoms with Crippen LogP contribution in [0.1, 0.15) is 11.3 Å². The minimum Gasteiger partial charge on any atom is -0.461 e. The molecule has 4 rings (SSSR count). The van der Waals surface area contributed by atoms with E-state index in [2.05, 4.69) is 20.6 Å². The first-order chi connectivity index (χ1) is 14.0. The molecule has 0 aliphatic carbocycles. The molecule has 0 unspecified atom stereocenters. The quantitative estimate of drug-likeness (QED) is 0.371. The lowest BCUT2D eigenvalue weighted by Crippen LogP contribution is -2.18. The summed E-state index contributed by atoms with van der Waals surface area (Å²) in [4.78, 5) is 12.5. The predicted octanol–water partition coefficient (Wildman–Crippen LogP) is 2.79. The Hall–Kier alpha value is -3.53. The van der Waals surface area contributed by atoms with E-state index in [-0.39, 0.29) is 11.7 Å². The van der Waals surface area contributed by atoms with Gasteiger partial charge in [0, 0.05) is 6.07 Å². The van der Waals surface area contributed by atoms with Crippen LogP contribution in [0, 0.1) is 13.8 Å². The molecule has 0 atom stereocenters. The Morgan fingerprint density at radius 3 is 2.72 bits per heavy atom. The van der Waals surface area contributed by atoms with Crippen molar-refractivity contribution < 1.29 is 9.21 Å². The number of carbonyl (C=O) groups excluding carboxylic acids is 1. The fourth-order valence-corrected chi connectivity index (χ4v) is 3.39. The third-order valence-electron chi connectivity index (χ3n) is 4.12. The molecule has 10 heteroatoms. The summed E-state index contributed by atoms with van der Waals surface area (Å²) in [5.74, 6) is 7.43. The van der Waals surface area contributed by atoms with Gasteiger partial charge in [0.15, 0.2) is 5.76 Å². The lowest BCUT2D eigenvalue weighted by molar-refractivity contribution is -0.113. The molecule has 0 saturated carbocycles. The first-order valence-electron chi connectivity index (χ1n) is 8.82. The average Bonchev–Trinajstić information content (AvgIpc) is 3.42. The number of carbonyl (C=O) groups is 1. The van der Waals surface area contributed by atoms with Gasteiger partial charge < -0.3 is 15.6 Å². The molecule has 148 valence electrons. The zero-order chi connectivity index (χ0) is 20.4. The van der Waals surface area contributed by atoms with Gasteiger partial charge in [-0.05, 0) is 38.1 Å². The van der Waals surface area contributed by atoms with E-state index in [1.165, 1.54) is 22.7 Å². The van der Waals surface area contributed by atoms with E-state index in [0.29, 0.717) is 22.6 Å². The number of aromatic nitrogens is 5. The van der Waals surface area contributed by atoms with Gasteiger partial charge >= 0.3 is 0 Å². The molecule has 3 aromatic heterocycles. The molecule has 0 saturated heterocycles. The molecule has 0 spiro atoms. The SMILES string of the molecule is Cc1ccc(-n2nc(C)cc2NC(=O)CSc2nnc(-c3ccco3)n2N)cc1. The molecule has 3 heterocycles. The van der Waals surface area contributed by atoms with Crippen LogP contribution >= 0.6 is 11.8 Å². The number of hydrogen-bond acceptors (Lipinski definition) is 7. The molecule has 4 aromatic rings. The number of aryl methyl sites for hydroxylation is 2. The summed E-state index contributed by atoms with van der Waals surface area (Å²) >= 11 is 1.18. The molecule has 9 nitrogen and oxygen atoms in total. The monoisotopic (exact) mass is 409 g/mol. The predicted molar refractivity (Wildman–Crippen MR) is 110 cm³/mol. The molecular weight excluding hydrogens is 390 g/mol. The van der Waals surface area contributed by atoms with Gasteiger partial charge in [-0.25, -0.2) is 9.36 Å². The topological polar surface area (TPSA) is 117 Å². The maximum atomic E-state index is 12.5. The Labute approximate surface area is 170 Å². The van der Waals surface area contributed by atoms with Crippen LogP contribution in [0.5, 0.6) is 0 Å². The summed E-state index contributed by atoms with van der Waals surface area (Å²) in [6.45, 7) is 3.90. The highest BCUT2D eigenvalue weighted by molar-refractivity contribution is 7.99. The molecule has 0 radical (unpaired) electrons. The van der Waals surface area contributed by atoms with Crippen LogP contribution in [0.4, 0.5) is 5.82 Å². The van der Waals surface area contributed by atoms with Crippen molar-refractivity contribution in [2.45, 2.75) is 19.0 Å². The number of furan rings is 1. The van der Waals surface area contributed by atoms with Crippen LogP contribution in [0.2, 0.25) is 0 Å². The third kappa shape index (κ3) is 4.02. The van der Waals surface area contributed by atoms with Gasteiger partial charge in [-0.2, -0.15) is 5.10 Å². The van der Waals surface area contributed by atoms with Crippen LogP contribution in [0.25, 0.3) is 17.3 Å². The molecule has 3 N–H and O–H groups in total. The number of rotatable bonds is 6. The van der Waals surface area contributed by atoms with Gasteiger partial charge in [0.1, 0.15) is 5.82 Å². The average molecular weight is 409 g/mol. The highest BCUT2D eigenvalue weighted by Gasteiger charge is 2.16.